The zero-order valence-corrected chi connectivity index (χ0v) is 10.9. The molecular formula is C16H22N2. The van der Waals surface area contributed by atoms with Gasteiger partial charge in [0.15, 0.2) is 0 Å². The minimum absolute atomic E-state index is 0.658. The Hall–Kier alpha value is -1.12. The Bertz CT molecular complexity index is 408. The molecule has 0 bridgehead atoms. The molecule has 1 atom stereocenters. The van der Waals surface area contributed by atoms with Crippen LogP contribution < -0.4 is 5.32 Å². The standard InChI is InChI=1S/C16H22N2/c1-13(14-5-3-2-4-6-14)11-17-15-9-10-18(12-15)16-7-8-16/h2-6,15-17H,1,7-12H2. The van der Waals surface area contributed by atoms with Crippen molar-refractivity contribution < 1.29 is 0 Å². The fourth-order valence-electron chi connectivity index (χ4n) is 2.77. The van der Waals surface area contributed by atoms with E-state index in [1.165, 1.54) is 43.5 Å². The summed E-state index contributed by atoms with van der Waals surface area (Å²) in [5.41, 5.74) is 2.45. The van der Waals surface area contributed by atoms with Crippen LogP contribution in [0.2, 0.25) is 0 Å². The van der Waals surface area contributed by atoms with Crippen LogP contribution in [0.1, 0.15) is 24.8 Å². The molecule has 1 aromatic carbocycles. The van der Waals surface area contributed by atoms with Gasteiger partial charge in [-0.15, -0.1) is 0 Å². The average Bonchev–Trinajstić information content (AvgIpc) is 3.16. The molecule has 96 valence electrons. The minimum atomic E-state index is 0.658. The van der Waals surface area contributed by atoms with Gasteiger partial charge in [0.1, 0.15) is 0 Å². The van der Waals surface area contributed by atoms with Crippen molar-refractivity contribution in [3.8, 4) is 0 Å². The first-order valence-corrected chi connectivity index (χ1v) is 7.03. The molecule has 3 rings (SSSR count). The highest BCUT2D eigenvalue weighted by atomic mass is 15.2. The molecule has 1 saturated carbocycles. The second-order valence-electron chi connectivity index (χ2n) is 5.56. The van der Waals surface area contributed by atoms with E-state index in [0.717, 1.165) is 12.6 Å². The highest BCUT2D eigenvalue weighted by Crippen LogP contribution is 2.29. The number of nitrogens with zero attached hydrogens (tertiary/aromatic N) is 1. The van der Waals surface area contributed by atoms with Crippen molar-refractivity contribution >= 4 is 5.57 Å². The Balaban J connectivity index is 1.45. The van der Waals surface area contributed by atoms with E-state index in [0.29, 0.717) is 6.04 Å². The van der Waals surface area contributed by atoms with Gasteiger partial charge in [0.2, 0.25) is 0 Å². The van der Waals surface area contributed by atoms with Crippen molar-refractivity contribution in [2.75, 3.05) is 19.6 Å². The zero-order chi connectivity index (χ0) is 12.4. The second kappa shape index (κ2) is 5.25. The fraction of sp³-hybridized carbons (Fsp3) is 0.500. The van der Waals surface area contributed by atoms with Gasteiger partial charge in [-0.1, -0.05) is 36.9 Å². The second-order valence-corrected chi connectivity index (χ2v) is 5.56. The van der Waals surface area contributed by atoms with Crippen LogP contribution in [0.4, 0.5) is 0 Å². The van der Waals surface area contributed by atoms with E-state index >= 15 is 0 Å². The summed E-state index contributed by atoms with van der Waals surface area (Å²) in [6.07, 6.45) is 4.13. The molecule has 0 spiro atoms. The molecule has 1 N–H and O–H groups in total. The molecule has 1 heterocycles. The van der Waals surface area contributed by atoms with E-state index in [1.54, 1.807) is 0 Å². The lowest BCUT2D eigenvalue weighted by molar-refractivity contribution is 0.319. The van der Waals surface area contributed by atoms with Crippen molar-refractivity contribution in [1.82, 2.24) is 10.2 Å². The quantitative estimate of drug-likeness (QED) is 0.853. The number of nitrogens with one attached hydrogen (secondary N) is 1. The lowest BCUT2D eigenvalue weighted by atomic mass is 10.1. The van der Waals surface area contributed by atoms with Crippen molar-refractivity contribution in [2.45, 2.75) is 31.3 Å². The predicted octanol–water partition coefficient (Wildman–Crippen LogP) is 2.53. The summed E-state index contributed by atoms with van der Waals surface area (Å²) in [5.74, 6) is 0. The maximum Gasteiger partial charge on any atom is 0.0210 e. The Morgan fingerprint density at radius 3 is 2.72 bits per heavy atom. The van der Waals surface area contributed by atoms with Gasteiger partial charge >= 0.3 is 0 Å². The van der Waals surface area contributed by atoms with Crippen LogP contribution in [0, 0.1) is 0 Å². The SMILES string of the molecule is C=C(CNC1CCN(C2CC2)C1)c1ccccc1. The van der Waals surface area contributed by atoms with E-state index in [1.807, 2.05) is 0 Å². The summed E-state index contributed by atoms with van der Waals surface area (Å²) in [4.78, 5) is 2.64. The highest BCUT2D eigenvalue weighted by molar-refractivity contribution is 5.64. The summed E-state index contributed by atoms with van der Waals surface area (Å²) in [5, 5.41) is 3.65. The Morgan fingerprint density at radius 1 is 1.22 bits per heavy atom. The third-order valence-electron chi connectivity index (χ3n) is 4.07. The number of rotatable bonds is 5. The molecule has 0 amide bonds. The molecule has 1 aliphatic carbocycles. The van der Waals surface area contributed by atoms with Crippen molar-refractivity contribution in [1.29, 1.82) is 0 Å². The fourth-order valence-corrected chi connectivity index (χ4v) is 2.77. The Kier molecular flexibility index (Phi) is 3.48. The van der Waals surface area contributed by atoms with E-state index in [9.17, 15) is 0 Å². The van der Waals surface area contributed by atoms with Gasteiger partial charge in [0.25, 0.3) is 0 Å². The maximum absolute atomic E-state index is 4.18. The van der Waals surface area contributed by atoms with Gasteiger partial charge in [0.05, 0.1) is 0 Å². The van der Waals surface area contributed by atoms with Crippen LogP contribution in [0.5, 0.6) is 0 Å². The predicted molar refractivity (Wildman–Crippen MR) is 76.5 cm³/mol. The van der Waals surface area contributed by atoms with Crippen LogP contribution in [0.15, 0.2) is 36.9 Å². The normalized spacial score (nSPS) is 24.3. The summed E-state index contributed by atoms with van der Waals surface area (Å²) < 4.78 is 0. The summed E-state index contributed by atoms with van der Waals surface area (Å²) in [6.45, 7) is 7.59. The van der Waals surface area contributed by atoms with E-state index < -0.39 is 0 Å². The van der Waals surface area contributed by atoms with Gasteiger partial charge in [-0.2, -0.15) is 0 Å². The monoisotopic (exact) mass is 242 g/mol. The highest BCUT2D eigenvalue weighted by Gasteiger charge is 2.33. The first kappa shape index (κ1) is 11.9. The van der Waals surface area contributed by atoms with Crippen LogP contribution in [-0.4, -0.2) is 36.6 Å². The van der Waals surface area contributed by atoms with E-state index in [4.69, 9.17) is 0 Å². The third kappa shape index (κ3) is 2.82. The Labute approximate surface area is 110 Å². The molecule has 0 radical (unpaired) electrons. The molecule has 2 heteroatoms. The van der Waals surface area contributed by atoms with Crippen LogP contribution in [-0.2, 0) is 0 Å². The number of hydrogen-bond donors (Lipinski definition) is 1. The number of hydrogen-bond acceptors (Lipinski definition) is 2. The molecular weight excluding hydrogens is 220 g/mol. The van der Waals surface area contributed by atoms with Crippen LogP contribution >= 0.6 is 0 Å². The molecule has 2 aliphatic rings. The van der Waals surface area contributed by atoms with Gasteiger partial charge in [0, 0.05) is 31.7 Å². The minimum Gasteiger partial charge on any atom is -0.309 e. The lowest BCUT2D eigenvalue weighted by Crippen LogP contribution is -2.34. The molecule has 1 unspecified atom stereocenters. The Morgan fingerprint density at radius 2 is 2.00 bits per heavy atom. The smallest absolute Gasteiger partial charge is 0.0210 e. The molecule has 18 heavy (non-hydrogen) atoms. The molecule has 2 nitrogen and oxygen atoms in total. The van der Waals surface area contributed by atoms with E-state index in [-0.39, 0.29) is 0 Å². The van der Waals surface area contributed by atoms with Crippen LogP contribution in [0.3, 0.4) is 0 Å². The summed E-state index contributed by atoms with van der Waals surface area (Å²) in [6, 6.07) is 12.0. The molecule has 1 saturated heterocycles. The maximum atomic E-state index is 4.18. The van der Waals surface area contributed by atoms with E-state index in [2.05, 4.69) is 47.1 Å². The first-order chi connectivity index (χ1) is 8.83. The van der Waals surface area contributed by atoms with Gasteiger partial charge in [-0.25, -0.2) is 0 Å². The topological polar surface area (TPSA) is 15.3 Å². The third-order valence-corrected chi connectivity index (χ3v) is 4.07. The summed E-state index contributed by atoms with van der Waals surface area (Å²) in [7, 11) is 0. The summed E-state index contributed by atoms with van der Waals surface area (Å²) >= 11 is 0. The zero-order valence-electron chi connectivity index (χ0n) is 10.9. The van der Waals surface area contributed by atoms with Crippen LogP contribution in [0.25, 0.3) is 5.57 Å². The molecule has 0 aromatic heterocycles. The number of benzene rings is 1. The largest absolute Gasteiger partial charge is 0.309 e. The molecule has 2 fully saturated rings. The van der Waals surface area contributed by atoms with Crippen molar-refractivity contribution in [2.24, 2.45) is 0 Å². The molecule has 1 aromatic rings. The van der Waals surface area contributed by atoms with Gasteiger partial charge in [-0.3, -0.25) is 4.90 Å². The van der Waals surface area contributed by atoms with Gasteiger partial charge < -0.3 is 5.32 Å². The number of likely N-dealkylation sites (tertiary alicyclic amines) is 1. The first-order valence-electron chi connectivity index (χ1n) is 7.03. The molecule has 1 aliphatic heterocycles. The van der Waals surface area contributed by atoms with Crippen molar-refractivity contribution in [3.05, 3.63) is 42.5 Å². The average molecular weight is 242 g/mol. The lowest BCUT2D eigenvalue weighted by Gasteiger charge is -2.16. The van der Waals surface area contributed by atoms with Gasteiger partial charge in [-0.05, 0) is 30.4 Å². The van der Waals surface area contributed by atoms with Crippen molar-refractivity contribution in [3.63, 3.8) is 0 Å².